The SMILES string of the molecule is CCNC(=NCc1cccnc1Oc1cccc(F)c1)NCCc1ccco1.I. The second kappa shape index (κ2) is 12.1. The number of hydrogen-bond donors (Lipinski definition) is 2. The molecule has 0 saturated heterocycles. The van der Waals surface area contributed by atoms with Crippen LogP contribution in [0, 0.1) is 5.82 Å². The minimum absolute atomic E-state index is 0. The fourth-order valence-electron chi connectivity index (χ4n) is 2.54. The highest BCUT2D eigenvalue weighted by Crippen LogP contribution is 2.23. The minimum atomic E-state index is -0.358. The molecule has 0 aliphatic heterocycles. The Bertz CT molecular complexity index is 903. The summed E-state index contributed by atoms with van der Waals surface area (Å²) in [4.78, 5) is 8.85. The summed E-state index contributed by atoms with van der Waals surface area (Å²) in [6.45, 7) is 3.81. The molecular weight excluding hydrogens is 486 g/mol. The lowest BCUT2D eigenvalue weighted by Gasteiger charge is -2.12. The molecule has 0 atom stereocenters. The van der Waals surface area contributed by atoms with Crippen molar-refractivity contribution in [2.75, 3.05) is 13.1 Å². The maximum atomic E-state index is 13.4. The number of aromatic nitrogens is 1. The van der Waals surface area contributed by atoms with E-state index in [0.29, 0.717) is 30.7 Å². The zero-order valence-corrected chi connectivity index (χ0v) is 18.4. The molecule has 29 heavy (non-hydrogen) atoms. The first-order valence-electron chi connectivity index (χ1n) is 9.16. The van der Waals surface area contributed by atoms with Gasteiger partial charge in [0.05, 0.1) is 12.8 Å². The van der Waals surface area contributed by atoms with E-state index in [4.69, 9.17) is 9.15 Å². The van der Waals surface area contributed by atoms with Gasteiger partial charge in [0.1, 0.15) is 17.3 Å². The number of halogens is 2. The maximum absolute atomic E-state index is 13.4. The van der Waals surface area contributed by atoms with Gasteiger partial charge in [-0.2, -0.15) is 0 Å². The van der Waals surface area contributed by atoms with Crippen molar-refractivity contribution in [3.63, 3.8) is 0 Å². The standard InChI is InChI=1S/C21H23FN4O2.HI/c1-2-23-21(25-12-10-18-9-5-13-27-18)26-15-16-6-4-11-24-20(16)28-19-8-3-7-17(22)14-19;/h3-9,11,13-14H,2,10,12,15H2,1H3,(H2,23,25,26);1H. The molecule has 0 radical (unpaired) electrons. The Labute approximate surface area is 186 Å². The molecule has 0 bridgehead atoms. The quantitative estimate of drug-likeness (QED) is 0.265. The zero-order valence-electron chi connectivity index (χ0n) is 16.1. The fraction of sp³-hybridized carbons (Fsp3) is 0.238. The third-order valence-corrected chi connectivity index (χ3v) is 3.86. The van der Waals surface area contributed by atoms with Gasteiger partial charge in [-0.3, -0.25) is 0 Å². The van der Waals surface area contributed by atoms with Crippen LogP contribution in [0.2, 0.25) is 0 Å². The van der Waals surface area contributed by atoms with Gasteiger partial charge in [-0.05, 0) is 37.3 Å². The number of ether oxygens (including phenoxy) is 1. The van der Waals surface area contributed by atoms with Crippen LogP contribution in [-0.2, 0) is 13.0 Å². The average molecular weight is 510 g/mol. The van der Waals surface area contributed by atoms with Crippen LogP contribution in [0.15, 0.2) is 70.4 Å². The van der Waals surface area contributed by atoms with Crippen LogP contribution in [0.1, 0.15) is 18.2 Å². The third-order valence-electron chi connectivity index (χ3n) is 3.86. The lowest BCUT2D eigenvalue weighted by molar-refractivity contribution is 0.452. The summed E-state index contributed by atoms with van der Waals surface area (Å²) in [6, 6.07) is 13.5. The molecule has 0 aliphatic carbocycles. The summed E-state index contributed by atoms with van der Waals surface area (Å²) in [7, 11) is 0. The van der Waals surface area contributed by atoms with Crippen LogP contribution < -0.4 is 15.4 Å². The van der Waals surface area contributed by atoms with E-state index in [9.17, 15) is 4.39 Å². The summed E-state index contributed by atoms with van der Waals surface area (Å²) >= 11 is 0. The van der Waals surface area contributed by atoms with E-state index < -0.39 is 0 Å². The van der Waals surface area contributed by atoms with Crippen LogP contribution in [-0.4, -0.2) is 24.0 Å². The molecule has 0 saturated carbocycles. The number of guanidine groups is 1. The highest BCUT2D eigenvalue weighted by atomic mass is 127. The highest BCUT2D eigenvalue weighted by Gasteiger charge is 2.07. The van der Waals surface area contributed by atoms with Crippen molar-refractivity contribution in [3.05, 3.63) is 78.1 Å². The van der Waals surface area contributed by atoms with Gasteiger partial charge in [0, 0.05) is 37.3 Å². The molecule has 1 aromatic carbocycles. The van der Waals surface area contributed by atoms with Crippen molar-refractivity contribution in [2.24, 2.45) is 4.99 Å². The smallest absolute Gasteiger partial charge is 0.224 e. The molecule has 0 spiro atoms. The van der Waals surface area contributed by atoms with Gasteiger partial charge in [0.15, 0.2) is 5.96 Å². The molecule has 0 unspecified atom stereocenters. The van der Waals surface area contributed by atoms with Crippen LogP contribution in [0.4, 0.5) is 4.39 Å². The Morgan fingerprint density at radius 1 is 1.17 bits per heavy atom. The Balaban J connectivity index is 0.00000300. The number of nitrogens with zero attached hydrogens (tertiary/aromatic N) is 2. The van der Waals surface area contributed by atoms with Crippen LogP contribution in [0.25, 0.3) is 0 Å². The molecule has 2 heterocycles. The Morgan fingerprint density at radius 2 is 2.07 bits per heavy atom. The Hall–Kier alpha value is -2.62. The number of hydrogen-bond acceptors (Lipinski definition) is 4. The van der Waals surface area contributed by atoms with E-state index in [2.05, 4.69) is 20.6 Å². The van der Waals surface area contributed by atoms with Crippen molar-refractivity contribution >= 4 is 29.9 Å². The van der Waals surface area contributed by atoms with Gasteiger partial charge in [-0.1, -0.05) is 12.1 Å². The maximum Gasteiger partial charge on any atom is 0.224 e. The van der Waals surface area contributed by atoms with Crippen molar-refractivity contribution in [2.45, 2.75) is 19.9 Å². The largest absolute Gasteiger partial charge is 0.469 e. The van der Waals surface area contributed by atoms with E-state index in [-0.39, 0.29) is 29.8 Å². The monoisotopic (exact) mass is 510 g/mol. The lowest BCUT2D eigenvalue weighted by atomic mass is 10.2. The number of rotatable bonds is 8. The summed E-state index contributed by atoms with van der Waals surface area (Å²) in [5, 5.41) is 6.48. The van der Waals surface area contributed by atoms with Gasteiger partial charge in [-0.15, -0.1) is 24.0 Å². The zero-order chi connectivity index (χ0) is 19.6. The highest BCUT2D eigenvalue weighted by molar-refractivity contribution is 14.0. The van der Waals surface area contributed by atoms with E-state index in [1.807, 2.05) is 31.2 Å². The van der Waals surface area contributed by atoms with Gasteiger partial charge in [0.25, 0.3) is 0 Å². The average Bonchev–Trinajstić information content (AvgIpc) is 3.21. The van der Waals surface area contributed by atoms with E-state index in [1.54, 1.807) is 24.6 Å². The second-order valence-corrected chi connectivity index (χ2v) is 5.98. The van der Waals surface area contributed by atoms with E-state index in [1.165, 1.54) is 12.1 Å². The van der Waals surface area contributed by atoms with Crippen molar-refractivity contribution in [3.8, 4) is 11.6 Å². The summed E-state index contributed by atoms with van der Waals surface area (Å²) in [5.74, 6) is 2.05. The van der Waals surface area contributed by atoms with Gasteiger partial charge in [0.2, 0.25) is 5.88 Å². The van der Waals surface area contributed by atoms with Gasteiger partial charge in [-0.25, -0.2) is 14.4 Å². The molecule has 2 aromatic heterocycles. The third kappa shape index (κ3) is 7.37. The summed E-state index contributed by atoms with van der Waals surface area (Å²) in [6.07, 6.45) is 4.06. The Morgan fingerprint density at radius 3 is 2.83 bits per heavy atom. The summed E-state index contributed by atoms with van der Waals surface area (Å²) < 4.78 is 24.5. The molecule has 0 amide bonds. The fourth-order valence-corrected chi connectivity index (χ4v) is 2.54. The second-order valence-electron chi connectivity index (χ2n) is 5.98. The van der Waals surface area contributed by atoms with Crippen molar-refractivity contribution < 1.29 is 13.5 Å². The number of nitrogens with one attached hydrogen (secondary N) is 2. The predicted octanol–water partition coefficient (Wildman–Crippen LogP) is 4.52. The van der Waals surface area contributed by atoms with Gasteiger partial charge < -0.3 is 19.8 Å². The molecule has 0 aliphatic rings. The molecule has 0 fully saturated rings. The molecule has 154 valence electrons. The Kier molecular flexibility index (Phi) is 9.42. The first-order chi connectivity index (χ1) is 13.7. The topological polar surface area (TPSA) is 71.7 Å². The first kappa shape index (κ1) is 22.7. The van der Waals surface area contributed by atoms with Crippen molar-refractivity contribution in [1.29, 1.82) is 0 Å². The molecule has 3 aromatic rings. The number of aliphatic imine (C=N–C) groups is 1. The normalized spacial score (nSPS) is 10.9. The number of benzene rings is 1. The molecule has 8 heteroatoms. The van der Waals surface area contributed by atoms with Gasteiger partial charge >= 0.3 is 0 Å². The van der Waals surface area contributed by atoms with E-state index >= 15 is 0 Å². The van der Waals surface area contributed by atoms with Crippen LogP contribution in [0.5, 0.6) is 11.6 Å². The first-order valence-corrected chi connectivity index (χ1v) is 9.16. The minimum Gasteiger partial charge on any atom is -0.469 e. The van der Waals surface area contributed by atoms with Crippen molar-refractivity contribution in [1.82, 2.24) is 15.6 Å². The molecule has 3 rings (SSSR count). The molecular formula is C21H24FIN4O2. The van der Waals surface area contributed by atoms with Crippen LogP contribution in [0.3, 0.4) is 0 Å². The molecule has 2 N–H and O–H groups in total. The predicted molar refractivity (Wildman–Crippen MR) is 121 cm³/mol. The lowest BCUT2D eigenvalue weighted by Crippen LogP contribution is -2.38. The summed E-state index contributed by atoms with van der Waals surface area (Å²) in [5.41, 5.74) is 0.801. The molecule has 6 nitrogen and oxygen atoms in total. The number of furan rings is 1. The van der Waals surface area contributed by atoms with Crippen LogP contribution >= 0.6 is 24.0 Å². The van der Waals surface area contributed by atoms with E-state index in [0.717, 1.165) is 24.3 Å². The number of pyridine rings is 1.